The molecule has 6 heteroatoms. The van der Waals surface area contributed by atoms with E-state index in [1.54, 1.807) is 6.07 Å². The Morgan fingerprint density at radius 2 is 1.85 bits per heavy atom. The number of nitrogens with one attached hydrogen (secondary N) is 1. The number of H-pyrrole nitrogens is 1. The number of ketones is 1. The van der Waals surface area contributed by atoms with E-state index in [0.29, 0.717) is 17.0 Å². The lowest BCUT2D eigenvalue weighted by Gasteiger charge is -2.40. The van der Waals surface area contributed by atoms with E-state index in [-0.39, 0.29) is 17.1 Å². The van der Waals surface area contributed by atoms with Crippen molar-refractivity contribution in [2.24, 2.45) is 5.92 Å². The van der Waals surface area contributed by atoms with Crippen LogP contribution in [0.1, 0.15) is 65.9 Å². The van der Waals surface area contributed by atoms with Gasteiger partial charge in [-0.05, 0) is 48.7 Å². The van der Waals surface area contributed by atoms with Crippen LogP contribution in [0.25, 0.3) is 10.9 Å². The molecule has 0 atom stereocenters. The molecule has 2 heterocycles. The van der Waals surface area contributed by atoms with Crippen LogP contribution >= 0.6 is 0 Å². The lowest BCUT2D eigenvalue weighted by atomic mass is 9.71. The van der Waals surface area contributed by atoms with Crippen LogP contribution < -0.4 is 4.90 Å². The van der Waals surface area contributed by atoms with E-state index in [4.69, 9.17) is 0 Å². The fourth-order valence-electron chi connectivity index (χ4n) is 5.78. The summed E-state index contributed by atoms with van der Waals surface area (Å²) in [5, 5.41) is 10.2. The lowest BCUT2D eigenvalue weighted by molar-refractivity contribution is -0.138. The number of benzene rings is 2. The van der Waals surface area contributed by atoms with Gasteiger partial charge >= 0.3 is 0 Å². The summed E-state index contributed by atoms with van der Waals surface area (Å²) < 4.78 is 0. The van der Waals surface area contributed by atoms with E-state index in [2.05, 4.69) is 35.9 Å². The van der Waals surface area contributed by atoms with E-state index in [9.17, 15) is 14.9 Å². The van der Waals surface area contributed by atoms with Gasteiger partial charge in [-0.15, -0.1) is 0 Å². The molecule has 3 aromatic rings. The van der Waals surface area contributed by atoms with Gasteiger partial charge in [0, 0.05) is 65.4 Å². The number of carbonyl (C=O) groups excluding carboxylic acids is 2. The summed E-state index contributed by atoms with van der Waals surface area (Å²) in [5.41, 5.74) is 5.49. The second-order valence-corrected chi connectivity index (χ2v) is 10.4. The number of carbonyl (C=O) groups is 2. The van der Waals surface area contributed by atoms with Gasteiger partial charge in [0.15, 0.2) is 5.78 Å². The van der Waals surface area contributed by atoms with Gasteiger partial charge in [-0.1, -0.05) is 26.3 Å². The Kier molecular flexibility index (Phi) is 4.60. The van der Waals surface area contributed by atoms with Crippen molar-refractivity contribution in [2.75, 3.05) is 31.1 Å². The number of rotatable bonds is 2. The summed E-state index contributed by atoms with van der Waals surface area (Å²) >= 11 is 0. The summed E-state index contributed by atoms with van der Waals surface area (Å²) in [5.74, 6) is 0.605. The second kappa shape index (κ2) is 7.46. The highest BCUT2D eigenvalue weighted by molar-refractivity contribution is 6.20. The van der Waals surface area contributed by atoms with Crippen molar-refractivity contribution in [1.29, 1.82) is 5.26 Å². The summed E-state index contributed by atoms with van der Waals surface area (Å²) in [6, 6.07) is 13.8. The monoisotopic (exact) mass is 452 g/mol. The Labute approximate surface area is 199 Å². The van der Waals surface area contributed by atoms with Crippen LogP contribution in [0.4, 0.5) is 5.69 Å². The molecule has 0 radical (unpaired) electrons. The van der Waals surface area contributed by atoms with Crippen LogP contribution in [-0.4, -0.2) is 47.8 Å². The highest BCUT2D eigenvalue weighted by Crippen LogP contribution is 2.45. The smallest absolute Gasteiger partial charge is 0.225 e. The average molecular weight is 453 g/mol. The molecule has 0 spiro atoms. The third-order valence-corrected chi connectivity index (χ3v) is 8.11. The first-order chi connectivity index (χ1) is 16.4. The molecule has 0 unspecified atom stereocenters. The third kappa shape index (κ3) is 3.00. The highest BCUT2D eigenvalue weighted by Gasteiger charge is 2.40. The fraction of sp³-hybridized carbons (Fsp3) is 0.393. The van der Waals surface area contributed by atoms with Crippen molar-refractivity contribution < 1.29 is 9.59 Å². The van der Waals surface area contributed by atoms with Crippen molar-refractivity contribution in [3.8, 4) is 6.07 Å². The Hall–Kier alpha value is -3.59. The number of piperazine rings is 1. The molecular weight excluding hydrogens is 424 g/mol. The molecule has 6 rings (SSSR count). The van der Waals surface area contributed by atoms with Gasteiger partial charge in [-0.25, -0.2) is 0 Å². The third-order valence-electron chi connectivity index (χ3n) is 8.11. The SMILES string of the molecule is CC1(C)c2cc(N3CCN(C(=O)C4CCC4)CC3)ccc2C(=O)c2c1[nH]c1cc(C#N)ccc21. The first kappa shape index (κ1) is 21.0. The van der Waals surface area contributed by atoms with Crippen LogP contribution in [0.2, 0.25) is 0 Å². The molecular formula is C28H28N4O2. The quantitative estimate of drug-likeness (QED) is 0.627. The van der Waals surface area contributed by atoms with Gasteiger partial charge in [0.1, 0.15) is 0 Å². The molecule has 2 aromatic carbocycles. The minimum Gasteiger partial charge on any atom is -0.368 e. The predicted molar refractivity (Wildman–Crippen MR) is 131 cm³/mol. The number of nitrogens with zero attached hydrogens (tertiary/aromatic N) is 3. The molecule has 2 fully saturated rings. The van der Waals surface area contributed by atoms with Crippen LogP contribution in [-0.2, 0) is 10.2 Å². The maximum absolute atomic E-state index is 13.6. The van der Waals surface area contributed by atoms with E-state index in [1.165, 1.54) is 6.42 Å². The zero-order valence-corrected chi connectivity index (χ0v) is 19.6. The highest BCUT2D eigenvalue weighted by atomic mass is 16.2. The molecule has 3 aliphatic rings. The molecule has 172 valence electrons. The molecule has 0 bridgehead atoms. The van der Waals surface area contributed by atoms with Crippen molar-refractivity contribution >= 4 is 28.3 Å². The molecule has 2 aliphatic carbocycles. The normalized spacial score (nSPS) is 19.4. The summed E-state index contributed by atoms with van der Waals surface area (Å²) in [6.45, 7) is 7.41. The molecule has 1 amide bonds. The van der Waals surface area contributed by atoms with Crippen LogP contribution in [0.5, 0.6) is 0 Å². The van der Waals surface area contributed by atoms with Gasteiger partial charge < -0.3 is 14.8 Å². The van der Waals surface area contributed by atoms with E-state index in [1.807, 2.05) is 29.2 Å². The lowest BCUT2D eigenvalue weighted by Crippen LogP contribution is -2.51. The average Bonchev–Trinajstić information content (AvgIpc) is 3.21. The predicted octanol–water partition coefficient (Wildman–Crippen LogP) is 4.36. The number of fused-ring (bicyclic) bond motifs is 4. The van der Waals surface area contributed by atoms with Gasteiger partial charge in [0.25, 0.3) is 0 Å². The van der Waals surface area contributed by atoms with Crippen molar-refractivity contribution in [2.45, 2.75) is 38.5 Å². The van der Waals surface area contributed by atoms with Crippen LogP contribution in [0.3, 0.4) is 0 Å². The number of aromatic nitrogens is 1. The molecule has 1 aromatic heterocycles. The van der Waals surface area contributed by atoms with Crippen LogP contribution in [0, 0.1) is 17.2 Å². The molecule has 34 heavy (non-hydrogen) atoms. The largest absolute Gasteiger partial charge is 0.368 e. The van der Waals surface area contributed by atoms with Gasteiger partial charge in [0.05, 0.1) is 17.2 Å². The Morgan fingerprint density at radius 1 is 1.09 bits per heavy atom. The maximum atomic E-state index is 13.6. The standard InChI is InChI=1S/C28H28N4O2/c1-28(2)22-15-19(31-10-12-32(13-11-31)27(34)18-4-3-5-18)7-9-20(22)25(33)24-21-8-6-17(16-29)14-23(21)30-26(24)28/h6-9,14-15,18,30H,3-5,10-13H2,1-2H3. The second-order valence-electron chi connectivity index (χ2n) is 10.4. The molecule has 1 N–H and O–H groups in total. The van der Waals surface area contributed by atoms with E-state index >= 15 is 0 Å². The van der Waals surface area contributed by atoms with Gasteiger partial charge in [0.2, 0.25) is 5.91 Å². The van der Waals surface area contributed by atoms with Crippen molar-refractivity contribution in [3.63, 3.8) is 0 Å². The fourth-order valence-corrected chi connectivity index (χ4v) is 5.78. The molecule has 1 saturated carbocycles. The summed E-state index contributed by atoms with van der Waals surface area (Å²) in [4.78, 5) is 34.0. The zero-order valence-electron chi connectivity index (χ0n) is 19.6. The summed E-state index contributed by atoms with van der Waals surface area (Å²) in [6.07, 6.45) is 3.26. The Morgan fingerprint density at radius 3 is 2.53 bits per heavy atom. The number of amides is 1. The molecule has 6 nitrogen and oxygen atoms in total. The first-order valence-corrected chi connectivity index (χ1v) is 12.2. The van der Waals surface area contributed by atoms with Crippen LogP contribution in [0.15, 0.2) is 36.4 Å². The van der Waals surface area contributed by atoms with Gasteiger partial charge in [-0.3, -0.25) is 9.59 Å². The van der Waals surface area contributed by atoms with E-state index < -0.39 is 0 Å². The topological polar surface area (TPSA) is 80.2 Å². The Bertz CT molecular complexity index is 1380. The minimum atomic E-state index is -0.386. The minimum absolute atomic E-state index is 0.0303. The first-order valence-electron chi connectivity index (χ1n) is 12.2. The Balaban J connectivity index is 1.32. The van der Waals surface area contributed by atoms with Crippen molar-refractivity contribution in [1.82, 2.24) is 9.88 Å². The molecule has 1 aliphatic heterocycles. The maximum Gasteiger partial charge on any atom is 0.225 e. The molecule has 1 saturated heterocycles. The summed E-state index contributed by atoms with van der Waals surface area (Å²) in [7, 11) is 0. The number of nitriles is 1. The number of aromatic amines is 1. The number of anilines is 1. The van der Waals surface area contributed by atoms with E-state index in [0.717, 1.165) is 72.4 Å². The van der Waals surface area contributed by atoms with Gasteiger partial charge in [-0.2, -0.15) is 5.26 Å². The number of hydrogen-bond donors (Lipinski definition) is 1. The zero-order chi connectivity index (χ0) is 23.6. The number of hydrogen-bond acceptors (Lipinski definition) is 4. The van der Waals surface area contributed by atoms with Crippen molar-refractivity contribution in [3.05, 3.63) is 64.3 Å².